The van der Waals surface area contributed by atoms with Gasteiger partial charge in [0.15, 0.2) is 0 Å². The molecule has 0 amide bonds. The number of hydrazine groups is 1. The monoisotopic (exact) mass is 254 g/mol. The zero-order valence-electron chi connectivity index (χ0n) is 9.86. The number of benzene rings is 1. The summed E-state index contributed by atoms with van der Waals surface area (Å²) in [6, 6.07) is 6.88. The Kier molecular flexibility index (Phi) is 6.93. The van der Waals surface area contributed by atoms with Crippen molar-refractivity contribution in [1.82, 2.24) is 5.43 Å². The highest BCUT2D eigenvalue weighted by Crippen LogP contribution is 2.20. The van der Waals surface area contributed by atoms with E-state index in [0.29, 0.717) is 0 Å². The molecule has 0 spiro atoms. The van der Waals surface area contributed by atoms with E-state index in [-0.39, 0.29) is 11.9 Å². The average Bonchev–Trinajstić information content (AvgIpc) is 2.34. The Bertz CT molecular complexity index is 344. The molecule has 1 atom stereocenters. The molecule has 0 bridgehead atoms. The Hall–Kier alpha value is -0.840. The molecule has 0 heterocycles. The first-order chi connectivity index (χ1) is 8.26. The molecule has 1 aromatic carbocycles. The molecule has 1 unspecified atom stereocenters. The molecule has 0 radical (unpaired) electrons. The highest BCUT2D eigenvalue weighted by atomic mass is 32.2. The summed E-state index contributed by atoms with van der Waals surface area (Å²) in [5.74, 6) is 6.13. The Balaban J connectivity index is 2.34. The Labute approximate surface area is 106 Å². The van der Waals surface area contributed by atoms with Crippen LogP contribution in [0.3, 0.4) is 0 Å². The SMILES string of the molecule is C=CCCCC(CSc1cccc(F)c1)NN. The Morgan fingerprint density at radius 2 is 2.35 bits per heavy atom. The van der Waals surface area contributed by atoms with E-state index in [1.54, 1.807) is 23.9 Å². The van der Waals surface area contributed by atoms with Crippen LogP contribution in [-0.2, 0) is 0 Å². The first-order valence-corrected chi connectivity index (χ1v) is 6.70. The van der Waals surface area contributed by atoms with Crippen molar-refractivity contribution in [2.45, 2.75) is 30.2 Å². The van der Waals surface area contributed by atoms with Crippen LogP contribution in [0.4, 0.5) is 4.39 Å². The summed E-state index contributed by atoms with van der Waals surface area (Å²) in [6.07, 6.45) is 4.99. The first kappa shape index (κ1) is 14.2. The van der Waals surface area contributed by atoms with Gasteiger partial charge in [0.25, 0.3) is 0 Å². The normalized spacial score (nSPS) is 12.4. The number of halogens is 1. The van der Waals surface area contributed by atoms with Crippen molar-refractivity contribution in [1.29, 1.82) is 0 Å². The highest BCUT2D eigenvalue weighted by Gasteiger charge is 2.06. The predicted molar refractivity (Wildman–Crippen MR) is 72.3 cm³/mol. The van der Waals surface area contributed by atoms with Gasteiger partial charge in [0, 0.05) is 16.7 Å². The summed E-state index contributed by atoms with van der Waals surface area (Å²) < 4.78 is 13.0. The molecular formula is C13H19FN2S. The van der Waals surface area contributed by atoms with E-state index < -0.39 is 0 Å². The molecule has 3 N–H and O–H groups in total. The van der Waals surface area contributed by atoms with Gasteiger partial charge in [-0.25, -0.2) is 4.39 Å². The summed E-state index contributed by atoms with van der Waals surface area (Å²) in [5.41, 5.74) is 2.80. The van der Waals surface area contributed by atoms with Gasteiger partial charge in [-0.1, -0.05) is 12.1 Å². The van der Waals surface area contributed by atoms with E-state index in [1.807, 2.05) is 12.1 Å². The van der Waals surface area contributed by atoms with Gasteiger partial charge < -0.3 is 0 Å². The maximum atomic E-state index is 13.0. The number of hydrogen-bond donors (Lipinski definition) is 2. The van der Waals surface area contributed by atoms with Crippen molar-refractivity contribution in [3.05, 3.63) is 42.7 Å². The quantitative estimate of drug-likeness (QED) is 0.246. The second kappa shape index (κ2) is 8.28. The van der Waals surface area contributed by atoms with Gasteiger partial charge in [0.05, 0.1) is 0 Å². The molecule has 0 saturated carbocycles. The maximum absolute atomic E-state index is 13.0. The van der Waals surface area contributed by atoms with Crippen LogP contribution in [0.5, 0.6) is 0 Å². The van der Waals surface area contributed by atoms with Crippen molar-refractivity contribution in [3.63, 3.8) is 0 Å². The number of thioether (sulfide) groups is 1. The number of hydrogen-bond acceptors (Lipinski definition) is 3. The van der Waals surface area contributed by atoms with E-state index in [1.165, 1.54) is 6.07 Å². The Morgan fingerprint density at radius 1 is 1.53 bits per heavy atom. The highest BCUT2D eigenvalue weighted by molar-refractivity contribution is 7.99. The van der Waals surface area contributed by atoms with Crippen LogP contribution < -0.4 is 11.3 Å². The fourth-order valence-electron chi connectivity index (χ4n) is 1.48. The minimum atomic E-state index is -0.195. The van der Waals surface area contributed by atoms with Crippen LogP contribution in [0.2, 0.25) is 0 Å². The largest absolute Gasteiger partial charge is 0.271 e. The lowest BCUT2D eigenvalue weighted by Crippen LogP contribution is -2.36. The van der Waals surface area contributed by atoms with E-state index >= 15 is 0 Å². The van der Waals surface area contributed by atoms with Crippen molar-refractivity contribution in [3.8, 4) is 0 Å². The summed E-state index contributed by atoms with van der Waals surface area (Å²) in [4.78, 5) is 0.939. The molecule has 0 aromatic heterocycles. The van der Waals surface area contributed by atoms with Crippen molar-refractivity contribution >= 4 is 11.8 Å². The molecule has 4 heteroatoms. The second-order valence-electron chi connectivity index (χ2n) is 3.85. The predicted octanol–water partition coefficient (Wildman–Crippen LogP) is 3.11. The van der Waals surface area contributed by atoms with Crippen LogP contribution in [0, 0.1) is 5.82 Å². The molecule has 0 aliphatic carbocycles. The third-order valence-corrected chi connectivity index (χ3v) is 3.60. The lowest BCUT2D eigenvalue weighted by atomic mass is 10.1. The van der Waals surface area contributed by atoms with Crippen LogP contribution in [-0.4, -0.2) is 11.8 Å². The minimum Gasteiger partial charge on any atom is -0.271 e. The average molecular weight is 254 g/mol. The van der Waals surface area contributed by atoms with E-state index in [4.69, 9.17) is 5.84 Å². The van der Waals surface area contributed by atoms with Crippen molar-refractivity contribution in [2.75, 3.05) is 5.75 Å². The van der Waals surface area contributed by atoms with E-state index in [9.17, 15) is 4.39 Å². The maximum Gasteiger partial charge on any atom is 0.124 e. The zero-order valence-corrected chi connectivity index (χ0v) is 10.7. The molecule has 2 nitrogen and oxygen atoms in total. The molecule has 17 heavy (non-hydrogen) atoms. The molecule has 0 fully saturated rings. The van der Waals surface area contributed by atoms with Crippen LogP contribution in [0.15, 0.2) is 41.8 Å². The zero-order chi connectivity index (χ0) is 12.5. The molecule has 1 aromatic rings. The van der Waals surface area contributed by atoms with Gasteiger partial charge in [0.2, 0.25) is 0 Å². The molecular weight excluding hydrogens is 235 g/mol. The third-order valence-electron chi connectivity index (χ3n) is 2.44. The van der Waals surface area contributed by atoms with Crippen LogP contribution in [0.1, 0.15) is 19.3 Å². The molecule has 0 aliphatic rings. The summed E-state index contributed by atoms with van der Waals surface area (Å²) in [7, 11) is 0. The number of nitrogens with one attached hydrogen (secondary N) is 1. The number of unbranched alkanes of at least 4 members (excludes halogenated alkanes) is 1. The minimum absolute atomic E-state index is 0.195. The molecule has 0 aliphatic heterocycles. The van der Waals surface area contributed by atoms with Gasteiger partial charge in [-0.2, -0.15) is 0 Å². The van der Waals surface area contributed by atoms with Gasteiger partial charge >= 0.3 is 0 Å². The molecule has 94 valence electrons. The fraction of sp³-hybridized carbons (Fsp3) is 0.385. The summed E-state index contributed by atoms with van der Waals surface area (Å²) in [5, 5.41) is 0. The van der Waals surface area contributed by atoms with E-state index in [2.05, 4.69) is 12.0 Å². The Morgan fingerprint density at radius 3 is 3.00 bits per heavy atom. The van der Waals surface area contributed by atoms with Gasteiger partial charge in [-0.3, -0.25) is 11.3 Å². The summed E-state index contributed by atoms with van der Waals surface area (Å²) in [6.45, 7) is 3.69. The fourth-order valence-corrected chi connectivity index (χ4v) is 2.50. The molecule has 0 saturated heterocycles. The second-order valence-corrected chi connectivity index (χ2v) is 4.94. The van der Waals surface area contributed by atoms with Gasteiger partial charge in [-0.05, 0) is 37.5 Å². The smallest absolute Gasteiger partial charge is 0.124 e. The standard InChI is InChI=1S/C13H19FN2S/c1-2-3-4-7-12(16-15)10-17-13-8-5-6-11(14)9-13/h2,5-6,8-9,12,16H,1,3-4,7,10,15H2. The number of nitrogens with two attached hydrogens (primary N) is 1. The number of allylic oxidation sites excluding steroid dienone is 1. The topological polar surface area (TPSA) is 38.0 Å². The molecule has 1 rings (SSSR count). The van der Waals surface area contributed by atoms with Gasteiger partial charge in [-0.15, -0.1) is 18.3 Å². The van der Waals surface area contributed by atoms with Crippen LogP contribution >= 0.6 is 11.8 Å². The van der Waals surface area contributed by atoms with Crippen LogP contribution in [0.25, 0.3) is 0 Å². The lowest BCUT2D eigenvalue weighted by Gasteiger charge is -2.14. The third kappa shape index (κ3) is 5.86. The van der Waals surface area contributed by atoms with Crippen molar-refractivity contribution < 1.29 is 4.39 Å². The lowest BCUT2D eigenvalue weighted by molar-refractivity contribution is 0.522. The summed E-state index contributed by atoms with van der Waals surface area (Å²) >= 11 is 1.62. The van der Waals surface area contributed by atoms with Gasteiger partial charge in [0.1, 0.15) is 5.82 Å². The van der Waals surface area contributed by atoms with Crippen molar-refractivity contribution in [2.24, 2.45) is 5.84 Å². The van der Waals surface area contributed by atoms with E-state index in [0.717, 1.165) is 29.9 Å². The first-order valence-electron chi connectivity index (χ1n) is 5.71. The number of rotatable bonds is 8.